The second-order valence-corrected chi connectivity index (χ2v) is 2.80. The first kappa shape index (κ1) is 7.69. The lowest BCUT2D eigenvalue weighted by Gasteiger charge is -2.10. The number of aliphatic hydroxyl groups is 1. The molecule has 0 radical (unpaired) electrons. The average Bonchev–Trinajstić information content (AvgIpc) is 2.14. The molecule has 0 bridgehead atoms. The number of hydrogen-bond donors (Lipinski definition) is 1. The molecule has 3 nitrogen and oxygen atoms in total. The normalized spacial score (nSPS) is 40.1. The first-order valence-corrected chi connectivity index (χ1v) is 3.43. The van der Waals surface area contributed by atoms with Gasteiger partial charge < -0.3 is 9.84 Å². The quantitative estimate of drug-likeness (QED) is 0.571. The fraction of sp³-hybridized carbons (Fsp3) is 0.857. The molecule has 1 aliphatic heterocycles. The average molecular weight is 144 g/mol. The number of aliphatic hydroxyl groups excluding tert-OH is 1. The fourth-order valence-corrected chi connectivity index (χ4v) is 1.19. The molecule has 1 rings (SSSR count). The minimum atomic E-state index is -0.742. The third-order valence-electron chi connectivity index (χ3n) is 2.05. The maximum Gasteiger partial charge on any atom is 0.157 e. The van der Waals surface area contributed by atoms with Crippen molar-refractivity contribution >= 4 is 5.78 Å². The van der Waals surface area contributed by atoms with Crippen LogP contribution < -0.4 is 0 Å². The van der Waals surface area contributed by atoms with Gasteiger partial charge in [0.05, 0.1) is 6.61 Å². The van der Waals surface area contributed by atoms with E-state index >= 15 is 0 Å². The molecule has 1 N–H and O–H groups in total. The zero-order valence-corrected chi connectivity index (χ0v) is 6.20. The van der Waals surface area contributed by atoms with Gasteiger partial charge in [-0.3, -0.25) is 4.79 Å². The van der Waals surface area contributed by atoms with Gasteiger partial charge in [0.2, 0.25) is 0 Å². The highest BCUT2D eigenvalue weighted by atomic mass is 16.6. The molecule has 0 aromatic heterocycles. The van der Waals surface area contributed by atoms with Crippen molar-refractivity contribution in [3.05, 3.63) is 0 Å². The van der Waals surface area contributed by atoms with Crippen LogP contribution in [0.15, 0.2) is 0 Å². The summed E-state index contributed by atoms with van der Waals surface area (Å²) >= 11 is 0. The molecular formula is C7H12O3. The number of ketones is 1. The van der Waals surface area contributed by atoms with E-state index in [1.165, 1.54) is 6.92 Å². The highest BCUT2D eigenvalue weighted by Gasteiger charge is 2.34. The van der Waals surface area contributed by atoms with E-state index in [1.54, 1.807) is 0 Å². The van der Waals surface area contributed by atoms with Crippen LogP contribution in [0.25, 0.3) is 0 Å². The van der Waals surface area contributed by atoms with Gasteiger partial charge in [-0.2, -0.15) is 0 Å². The Bertz CT molecular complexity index is 144. The molecule has 3 atom stereocenters. The summed E-state index contributed by atoms with van der Waals surface area (Å²) in [6.07, 6.45) is -0.742. The van der Waals surface area contributed by atoms with Crippen LogP contribution in [0.1, 0.15) is 13.8 Å². The third kappa shape index (κ3) is 1.20. The fourth-order valence-electron chi connectivity index (χ4n) is 1.19. The summed E-state index contributed by atoms with van der Waals surface area (Å²) in [4.78, 5) is 10.8. The van der Waals surface area contributed by atoms with Crippen molar-refractivity contribution in [2.24, 2.45) is 11.8 Å². The first-order chi connectivity index (χ1) is 4.63. The Morgan fingerprint density at radius 2 is 2.30 bits per heavy atom. The topological polar surface area (TPSA) is 46.5 Å². The molecule has 0 aliphatic carbocycles. The monoisotopic (exact) mass is 144 g/mol. The van der Waals surface area contributed by atoms with Crippen molar-refractivity contribution < 1.29 is 14.6 Å². The van der Waals surface area contributed by atoms with E-state index in [0.29, 0.717) is 6.61 Å². The van der Waals surface area contributed by atoms with Crippen molar-refractivity contribution in [2.45, 2.75) is 20.1 Å². The highest BCUT2D eigenvalue weighted by Crippen LogP contribution is 2.25. The zero-order chi connectivity index (χ0) is 7.72. The van der Waals surface area contributed by atoms with Crippen LogP contribution in [0.3, 0.4) is 0 Å². The summed E-state index contributed by atoms with van der Waals surface area (Å²) in [5.41, 5.74) is 0. The van der Waals surface area contributed by atoms with Gasteiger partial charge in [0.1, 0.15) is 5.78 Å². The minimum Gasteiger partial charge on any atom is -0.368 e. The standard InChI is InChI=1S/C7H12O3/c1-4-6(5(2)8)3-10-7(4)9/h4,6-7,9H,3H2,1-2H3/t4-,6+,7+/m1/s1. The smallest absolute Gasteiger partial charge is 0.157 e. The molecule has 0 saturated carbocycles. The Hall–Kier alpha value is -0.410. The molecule has 3 heteroatoms. The summed E-state index contributed by atoms with van der Waals surface area (Å²) < 4.78 is 4.87. The maximum atomic E-state index is 10.8. The van der Waals surface area contributed by atoms with E-state index in [4.69, 9.17) is 9.84 Å². The molecule has 1 aliphatic rings. The van der Waals surface area contributed by atoms with Gasteiger partial charge in [-0.15, -0.1) is 0 Å². The van der Waals surface area contributed by atoms with Crippen LogP contribution in [0.2, 0.25) is 0 Å². The van der Waals surface area contributed by atoms with E-state index in [-0.39, 0.29) is 17.6 Å². The highest BCUT2D eigenvalue weighted by molar-refractivity contribution is 5.78. The Labute approximate surface area is 60.0 Å². The molecule has 58 valence electrons. The Kier molecular flexibility index (Phi) is 2.06. The van der Waals surface area contributed by atoms with Crippen LogP contribution in [-0.4, -0.2) is 23.8 Å². The summed E-state index contributed by atoms with van der Waals surface area (Å²) in [6, 6.07) is 0. The van der Waals surface area contributed by atoms with Crippen LogP contribution in [0, 0.1) is 11.8 Å². The van der Waals surface area contributed by atoms with Crippen molar-refractivity contribution in [1.29, 1.82) is 0 Å². The summed E-state index contributed by atoms with van der Waals surface area (Å²) in [5, 5.41) is 9.04. The molecule has 0 amide bonds. The predicted molar refractivity (Wildman–Crippen MR) is 35.3 cm³/mol. The zero-order valence-electron chi connectivity index (χ0n) is 6.20. The molecule has 0 aromatic carbocycles. The maximum absolute atomic E-state index is 10.8. The van der Waals surface area contributed by atoms with Gasteiger partial charge in [-0.25, -0.2) is 0 Å². The predicted octanol–water partition coefficient (Wildman–Crippen LogP) is 0.176. The van der Waals surface area contributed by atoms with Crippen LogP contribution >= 0.6 is 0 Å². The van der Waals surface area contributed by atoms with Crippen molar-refractivity contribution in [1.82, 2.24) is 0 Å². The number of carbonyl (C=O) groups excluding carboxylic acids is 1. The molecule has 1 saturated heterocycles. The molecule has 0 unspecified atom stereocenters. The second-order valence-electron chi connectivity index (χ2n) is 2.80. The number of rotatable bonds is 1. The Balaban J connectivity index is 2.57. The molecule has 10 heavy (non-hydrogen) atoms. The number of ether oxygens (including phenoxy) is 1. The second kappa shape index (κ2) is 2.68. The molecular weight excluding hydrogens is 132 g/mol. The van der Waals surface area contributed by atoms with Crippen LogP contribution in [0.5, 0.6) is 0 Å². The molecule has 0 spiro atoms. The van der Waals surface area contributed by atoms with Gasteiger partial charge in [0, 0.05) is 11.8 Å². The van der Waals surface area contributed by atoms with Gasteiger partial charge in [0.15, 0.2) is 6.29 Å². The van der Waals surface area contributed by atoms with E-state index < -0.39 is 6.29 Å². The van der Waals surface area contributed by atoms with Gasteiger partial charge in [-0.1, -0.05) is 6.92 Å². The number of Topliss-reactive ketones (excluding diaryl/α,β-unsaturated/α-hetero) is 1. The van der Waals surface area contributed by atoms with E-state index in [9.17, 15) is 4.79 Å². The Morgan fingerprint density at radius 3 is 2.50 bits per heavy atom. The lowest BCUT2D eigenvalue weighted by Crippen LogP contribution is -2.21. The Morgan fingerprint density at radius 1 is 1.70 bits per heavy atom. The molecule has 1 heterocycles. The summed E-state index contributed by atoms with van der Waals surface area (Å²) in [7, 11) is 0. The lowest BCUT2D eigenvalue weighted by atomic mass is 9.94. The van der Waals surface area contributed by atoms with Gasteiger partial charge in [0.25, 0.3) is 0 Å². The van der Waals surface area contributed by atoms with Crippen molar-refractivity contribution in [3.8, 4) is 0 Å². The number of carbonyl (C=O) groups is 1. The third-order valence-corrected chi connectivity index (χ3v) is 2.05. The molecule has 0 aromatic rings. The van der Waals surface area contributed by atoms with E-state index in [1.807, 2.05) is 6.92 Å². The first-order valence-electron chi connectivity index (χ1n) is 3.43. The number of hydrogen-bond acceptors (Lipinski definition) is 3. The minimum absolute atomic E-state index is 0.0440. The SMILES string of the molecule is CC(=O)[C@H]1CO[C@H](O)[C@@H]1C. The van der Waals surface area contributed by atoms with Crippen LogP contribution in [0.4, 0.5) is 0 Å². The van der Waals surface area contributed by atoms with Crippen molar-refractivity contribution in [3.63, 3.8) is 0 Å². The summed E-state index contributed by atoms with van der Waals surface area (Å²) in [6.45, 7) is 3.73. The van der Waals surface area contributed by atoms with Crippen molar-refractivity contribution in [2.75, 3.05) is 6.61 Å². The van der Waals surface area contributed by atoms with E-state index in [2.05, 4.69) is 0 Å². The van der Waals surface area contributed by atoms with Gasteiger partial charge >= 0.3 is 0 Å². The lowest BCUT2D eigenvalue weighted by molar-refractivity contribution is -0.121. The van der Waals surface area contributed by atoms with Crippen LogP contribution in [-0.2, 0) is 9.53 Å². The molecule has 1 fully saturated rings. The summed E-state index contributed by atoms with van der Waals surface area (Å²) in [5.74, 6) is -0.0449. The van der Waals surface area contributed by atoms with E-state index in [0.717, 1.165) is 0 Å². The largest absolute Gasteiger partial charge is 0.368 e. The van der Waals surface area contributed by atoms with Gasteiger partial charge in [-0.05, 0) is 6.92 Å².